The first-order valence-electron chi connectivity index (χ1n) is 9.46. The maximum atomic E-state index is 13.2. The third-order valence-electron chi connectivity index (χ3n) is 5.43. The van der Waals surface area contributed by atoms with Gasteiger partial charge in [-0.1, -0.05) is 36.4 Å². The fourth-order valence-corrected chi connectivity index (χ4v) is 5.07. The molecule has 28 heavy (non-hydrogen) atoms. The number of hydrogen-bond donors (Lipinski definition) is 1. The molecule has 1 unspecified atom stereocenters. The van der Waals surface area contributed by atoms with Crippen molar-refractivity contribution in [3.8, 4) is 0 Å². The van der Waals surface area contributed by atoms with E-state index in [1.807, 2.05) is 41.3 Å². The fourth-order valence-electron chi connectivity index (χ4n) is 4.04. The monoisotopic (exact) mass is 389 g/mol. The average Bonchev–Trinajstić information content (AvgIpc) is 3.42. The first-order valence-corrected chi connectivity index (χ1v) is 10.3. The van der Waals surface area contributed by atoms with Gasteiger partial charge in [-0.25, -0.2) is 4.98 Å². The molecule has 0 saturated carbocycles. The van der Waals surface area contributed by atoms with Crippen LogP contribution < -0.4 is 10.2 Å². The Balaban J connectivity index is 1.36. The molecule has 1 atom stereocenters. The molecule has 5 nitrogen and oxygen atoms in total. The lowest BCUT2D eigenvalue weighted by Gasteiger charge is -2.21. The number of para-hydroxylation sites is 1. The van der Waals surface area contributed by atoms with Crippen LogP contribution in [-0.4, -0.2) is 23.3 Å². The maximum Gasteiger partial charge on any atom is 0.257 e. The summed E-state index contributed by atoms with van der Waals surface area (Å²) < 4.78 is 0. The van der Waals surface area contributed by atoms with Gasteiger partial charge in [-0.3, -0.25) is 14.9 Å². The summed E-state index contributed by atoms with van der Waals surface area (Å²) in [4.78, 5) is 33.2. The molecule has 5 rings (SSSR count). The van der Waals surface area contributed by atoms with Crippen LogP contribution in [0, 0.1) is 0 Å². The molecule has 3 aromatic rings. The number of hydrogen-bond acceptors (Lipinski definition) is 4. The molecule has 1 aliphatic carbocycles. The van der Waals surface area contributed by atoms with Gasteiger partial charge in [-0.15, -0.1) is 11.3 Å². The normalized spacial score (nSPS) is 17.3. The number of anilines is 2. The zero-order valence-corrected chi connectivity index (χ0v) is 16.0. The molecule has 0 fully saturated rings. The van der Waals surface area contributed by atoms with Gasteiger partial charge >= 0.3 is 0 Å². The van der Waals surface area contributed by atoms with E-state index < -0.39 is 0 Å². The summed E-state index contributed by atoms with van der Waals surface area (Å²) in [6.45, 7) is 0.728. The Morgan fingerprint density at radius 2 is 1.82 bits per heavy atom. The standard InChI is InChI=1S/C22H19N3O2S/c26-20(15-7-2-1-3-8-15)24-22-23-19-16(10-11-18(19)28-22)21(27)25-13-12-14-6-4-5-9-17(14)25/h1-9,16H,10-13H2,(H,23,24,26). The molecular weight excluding hydrogens is 370 g/mol. The van der Waals surface area contributed by atoms with Crippen molar-refractivity contribution in [3.63, 3.8) is 0 Å². The quantitative estimate of drug-likeness (QED) is 0.736. The topological polar surface area (TPSA) is 62.3 Å². The maximum absolute atomic E-state index is 13.2. The van der Waals surface area contributed by atoms with Gasteiger partial charge in [0.2, 0.25) is 5.91 Å². The summed E-state index contributed by atoms with van der Waals surface area (Å²) in [5.41, 5.74) is 3.68. The number of nitrogens with one attached hydrogen (secondary N) is 1. The van der Waals surface area contributed by atoms with Crippen LogP contribution in [-0.2, 0) is 17.6 Å². The Morgan fingerprint density at radius 1 is 1.04 bits per heavy atom. The molecule has 0 saturated heterocycles. The molecule has 1 aliphatic heterocycles. The van der Waals surface area contributed by atoms with Crippen LogP contribution in [0.2, 0.25) is 0 Å². The number of benzene rings is 2. The summed E-state index contributed by atoms with van der Waals surface area (Å²) in [6, 6.07) is 17.2. The third kappa shape index (κ3) is 2.90. The zero-order chi connectivity index (χ0) is 19.1. The lowest BCUT2D eigenvalue weighted by molar-refractivity contribution is -0.120. The van der Waals surface area contributed by atoms with E-state index in [4.69, 9.17) is 0 Å². The Bertz CT molecular complexity index is 1060. The number of thiazole rings is 1. The summed E-state index contributed by atoms with van der Waals surface area (Å²) in [7, 11) is 0. The Kier molecular flexibility index (Phi) is 4.20. The van der Waals surface area contributed by atoms with E-state index in [-0.39, 0.29) is 17.7 Å². The molecule has 1 aromatic heterocycles. The summed E-state index contributed by atoms with van der Waals surface area (Å²) in [6.07, 6.45) is 2.52. The van der Waals surface area contributed by atoms with Crippen LogP contribution in [0.15, 0.2) is 54.6 Å². The van der Waals surface area contributed by atoms with Crippen LogP contribution in [0.4, 0.5) is 10.8 Å². The number of fused-ring (bicyclic) bond motifs is 2. The van der Waals surface area contributed by atoms with Crippen molar-refractivity contribution in [1.82, 2.24) is 4.98 Å². The van der Waals surface area contributed by atoms with Crippen LogP contribution in [0.5, 0.6) is 0 Å². The van der Waals surface area contributed by atoms with Crippen LogP contribution in [0.3, 0.4) is 0 Å². The van der Waals surface area contributed by atoms with Gasteiger partial charge in [-0.05, 0) is 43.0 Å². The number of carbonyl (C=O) groups is 2. The van der Waals surface area contributed by atoms with Gasteiger partial charge < -0.3 is 4.90 Å². The number of nitrogens with zero attached hydrogens (tertiary/aromatic N) is 2. The number of carbonyl (C=O) groups excluding carboxylic acids is 2. The molecule has 0 radical (unpaired) electrons. The lowest BCUT2D eigenvalue weighted by Crippen LogP contribution is -2.33. The van der Waals surface area contributed by atoms with Crippen molar-refractivity contribution in [3.05, 3.63) is 76.3 Å². The largest absolute Gasteiger partial charge is 0.311 e. The number of rotatable bonds is 3. The minimum atomic E-state index is -0.222. The minimum Gasteiger partial charge on any atom is -0.311 e. The molecule has 2 aliphatic rings. The van der Waals surface area contributed by atoms with Crippen molar-refractivity contribution in [2.45, 2.75) is 25.2 Å². The summed E-state index contributed by atoms with van der Waals surface area (Å²) >= 11 is 1.48. The SMILES string of the molecule is O=C(Nc1nc2c(s1)CCC2C(=O)N1CCc2ccccc21)c1ccccc1. The predicted octanol–water partition coefficient (Wildman–Crippen LogP) is 4.01. The fraction of sp³-hybridized carbons (Fsp3) is 0.227. The van der Waals surface area contributed by atoms with Gasteiger partial charge in [0.25, 0.3) is 5.91 Å². The minimum absolute atomic E-state index is 0.120. The highest BCUT2D eigenvalue weighted by atomic mass is 32.1. The highest BCUT2D eigenvalue weighted by Crippen LogP contribution is 2.41. The van der Waals surface area contributed by atoms with Gasteiger partial charge in [-0.2, -0.15) is 0 Å². The van der Waals surface area contributed by atoms with E-state index in [9.17, 15) is 9.59 Å². The van der Waals surface area contributed by atoms with Crippen molar-refractivity contribution >= 4 is 34.0 Å². The number of aromatic nitrogens is 1. The van der Waals surface area contributed by atoms with E-state index in [1.54, 1.807) is 12.1 Å². The van der Waals surface area contributed by atoms with Crippen molar-refractivity contribution in [2.75, 3.05) is 16.8 Å². The molecule has 1 N–H and O–H groups in total. The summed E-state index contributed by atoms with van der Waals surface area (Å²) in [5, 5.41) is 3.44. The van der Waals surface area contributed by atoms with Crippen molar-refractivity contribution in [1.29, 1.82) is 0 Å². The Labute approximate surface area is 167 Å². The van der Waals surface area contributed by atoms with Crippen LogP contribution in [0.25, 0.3) is 0 Å². The van der Waals surface area contributed by atoms with Crippen LogP contribution in [0.1, 0.15) is 38.8 Å². The van der Waals surface area contributed by atoms with E-state index in [1.165, 1.54) is 16.9 Å². The second-order valence-electron chi connectivity index (χ2n) is 7.11. The van der Waals surface area contributed by atoms with E-state index in [0.29, 0.717) is 10.7 Å². The number of aryl methyl sites for hydroxylation is 1. The number of amides is 2. The molecule has 6 heteroatoms. The third-order valence-corrected chi connectivity index (χ3v) is 6.47. The van der Waals surface area contributed by atoms with Gasteiger partial charge in [0, 0.05) is 22.7 Å². The van der Waals surface area contributed by atoms with E-state index in [2.05, 4.69) is 16.4 Å². The highest BCUT2D eigenvalue weighted by molar-refractivity contribution is 7.16. The van der Waals surface area contributed by atoms with Gasteiger partial charge in [0.15, 0.2) is 5.13 Å². The van der Waals surface area contributed by atoms with Crippen molar-refractivity contribution in [2.24, 2.45) is 0 Å². The first-order chi connectivity index (χ1) is 13.7. The summed E-state index contributed by atoms with van der Waals surface area (Å²) in [5.74, 6) is -0.279. The second kappa shape index (κ2) is 6.87. The highest BCUT2D eigenvalue weighted by Gasteiger charge is 2.37. The van der Waals surface area contributed by atoms with Gasteiger partial charge in [0.1, 0.15) is 0 Å². The van der Waals surface area contributed by atoms with Crippen molar-refractivity contribution < 1.29 is 9.59 Å². The van der Waals surface area contributed by atoms with Crippen LogP contribution >= 0.6 is 11.3 Å². The molecule has 140 valence electrons. The second-order valence-corrected chi connectivity index (χ2v) is 8.19. The molecule has 0 bridgehead atoms. The predicted molar refractivity (Wildman–Crippen MR) is 110 cm³/mol. The molecule has 0 spiro atoms. The van der Waals surface area contributed by atoms with E-state index in [0.717, 1.165) is 42.1 Å². The zero-order valence-electron chi connectivity index (χ0n) is 15.2. The molecule has 2 heterocycles. The molecule has 2 aromatic carbocycles. The van der Waals surface area contributed by atoms with Gasteiger partial charge in [0.05, 0.1) is 11.6 Å². The Morgan fingerprint density at radius 3 is 2.68 bits per heavy atom. The average molecular weight is 389 g/mol. The molecule has 2 amide bonds. The Hall–Kier alpha value is -2.99. The smallest absolute Gasteiger partial charge is 0.257 e. The molecular formula is C22H19N3O2S. The first kappa shape index (κ1) is 17.1. The lowest BCUT2D eigenvalue weighted by atomic mass is 10.1. The van der Waals surface area contributed by atoms with E-state index >= 15 is 0 Å².